The fourth-order valence-corrected chi connectivity index (χ4v) is 4.45. The number of ether oxygens (including phenoxy) is 2. The van der Waals surface area contributed by atoms with E-state index in [0.29, 0.717) is 18.9 Å². The largest absolute Gasteiger partial charge is 0.484 e. The Balaban J connectivity index is 1.61. The Morgan fingerprint density at radius 1 is 1.26 bits per heavy atom. The van der Waals surface area contributed by atoms with Crippen molar-refractivity contribution in [3.8, 4) is 5.75 Å². The molecule has 3 rings (SSSR count). The van der Waals surface area contributed by atoms with E-state index < -0.39 is 25.5 Å². The normalized spacial score (nSPS) is 16.0. The second kappa shape index (κ2) is 9.75. The van der Waals surface area contributed by atoms with Crippen molar-refractivity contribution >= 4 is 27.3 Å². The van der Waals surface area contributed by atoms with Gasteiger partial charge in [0, 0.05) is 26.3 Å². The van der Waals surface area contributed by atoms with Crippen LogP contribution in [0.3, 0.4) is 0 Å². The zero-order valence-electron chi connectivity index (χ0n) is 16.9. The summed E-state index contributed by atoms with van der Waals surface area (Å²) >= 11 is 0. The van der Waals surface area contributed by atoms with Crippen molar-refractivity contribution in [1.82, 2.24) is 5.32 Å². The van der Waals surface area contributed by atoms with Gasteiger partial charge in [-0.15, -0.1) is 0 Å². The van der Waals surface area contributed by atoms with Crippen LogP contribution >= 0.6 is 0 Å². The van der Waals surface area contributed by atoms with Crippen molar-refractivity contribution in [3.05, 3.63) is 58.6 Å². The summed E-state index contributed by atoms with van der Waals surface area (Å²) < 4.78 is 37.5. The average Bonchev–Trinajstić information content (AvgIpc) is 3.30. The predicted octanol–water partition coefficient (Wildman–Crippen LogP) is 2.09. The molecule has 1 amide bonds. The van der Waals surface area contributed by atoms with Gasteiger partial charge in [-0.3, -0.25) is 19.2 Å². The second-order valence-electron chi connectivity index (χ2n) is 6.92. The molecule has 0 aliphatic carbocycles. The number of amides is 1. The van der Waals surface area contributed by atoms with Crippen LogP contribution in [0.25, 0.3) is 0 Å². The minimum Gasteiger partial charge on any atom is -0.484 e. The molecular weight excluding hydrogens is 426 g/mol. The molecule has 1 saturated heterocycles. The molecule has 0 radical (unpaired) electrons. The van der Waals surface area contributed by atoms with E-state index in [4.69, 9.17) is 9.47 Å². The van der Waals surface area contributed by atoms with E-state index in [1.54, 1.807) is 0 Å². The van der Waals surface area contributed by atoms with Crippen molar-refractivity contribution in [2.24, 2.45) is 0 Å². The van der Waals surface area contributed by atoms with Crippen LogP contribution in [0.5, 0.6) is 5.75 Å². The van der Waals surface area contributed by atoms with Gasteiger partial charge >= 0.3 is 0 Å². The lowest BCUT2D eigenvalue weighted by Gasteiger charge is -2.19. The molecule has 10 nitrogen and oxygen atoms in total. The SMILES string of the molecule is CN(c1ccc(OCC(=O)NCC2CCCO2)cc1)S(=O)(=O)c1ccccc1[N+](=O)[O-]. The first-order valence-corrected chi connectivity index (χ1v) is 11.1. The highest BCUT2D eigenvalue weighted by molar-refractivity contribution is 7.93. The predicted molar refractivity (Wildman–Crippen MR) is 113 cm³/mol. The molecule has 166 valence electrons. The van der Waals surface area contributed by atoms with Crippen molar-refractivity contribution in [1.29, 1.82) is 0 Å². The lowest BCUT2D eigenvalue weighted by molar-refractivity contribution is -0.387. The summed E-state index contributed by atoms with van der Waals surface area (Å²) in [6.07, 6.45) is 1.96. The molecule has 0 saturated carbocycles. The number of hydrogen-bond acceptors (Lipinski definition) is 7. The third-order valence-electron chi connectivity index (χ3n) is 4.82. The van der Waals surface area contributed by atoms with Gasteiger partial charge in [0.05, 0.1) is 16.7 Å². The smallest absolute Gasteiger partial charge is 0.289 e. The Morgan fingerprint density at radius 3 is 2.61 bits per heavy atom. The van der Waals surface area contributed by atoms with Crippen molar-refractivity contribution in [2.75, 3.05) is 31.1 Å². The maximum atomic E-state index is 12.9. The first kappa shape index (κ1) is 22.5. The molecule has 2 aromatic rings. The number of para-hydroxylation sites is 1. The molecule has 2 aromatic carbocycles. The number of sulfonamides is 1. The zero-order valence-corrected chi connectivity index (χ0v) is 17.7. The number of nitrogens with one attached hydrogen (secondary N) is 1. The highest BCUT2D eigenvalue weighted by Gasteiger charge is 2.29. The van der Waals surface area contributed by atoms with Gasteiger partial charge in [-0.25, -0.2) is 8.42 Å². The number of carbonyl (C=O) groups is 1. The van der Waals surface area contributed by atoms with Gasteiger partial charge in [-0.05, 0) is 43.2 Å². The Morgan fingerprint density at radius 2 is 1.97 bits per heavy atom. The number of anilines is 1. The summed E-state index contributed by atoms with van der Waals surface area (Å²) in [5.41, 5.74) is -0.211. The van der Waals surface area contributed by atoms with Gasteiger partial charge in [0.2, 0.25) is 0 Å². The Bertz CT molecular complexity index is 1030. The Labute approximate surface area is 180 Å². The summed E-state index contributed by atoms with van der Waals surface area (Å²) in [5.74, 6) is 0.100. The number of rotatable bonds is 9. The van der Waals surface area contributed by atoms with Crippen LogP contribution in [0, 0.1) is 10.1 Å². The van der Waals surface area contributed by atoms with Crippen LogP contribution in [0.15, 0.2) is 53.4 Å². The first-order chi connectivity index (χ1) is 14.8. The number of nitro groups is 1. The van der Waals surface area contributed by atoms with E-state index in [1.165, 1.54) is 49.5 Å². The van der Waals surface area contributed by atoms with Gasteiger partial charge < -0.3 is 14.8 Å². The molecular formula is C20H23N3O7S. The van der Waals surface area contributed by atoms with Gasteiger partial charge in [-0.2, -0.15) is 0 Å². The summed E-state index contributed by atoms with van der Waals surface area (Å²) in [5, 5.41) is 13.9. The van der Waals surface area contributed by atoms with Gasteiger partial charge in [-0.1, -0.05) is 12.1 Å². The van der Waals surface area contributed by atoms with Gasteiger partial charge in [0.15, 0.2) is 11.5 Å². The Kier molecular flexibility index (Phi) is 7.08. The fourth-order valence-electron chi connectivity index (χ4n) is 3.10. The molecule has 1 aliphatic heterocycles. The molecule has 31 heavy (non-hydrogen) atoms. The molecule has 1 heterocycles. The second-order valence-corrected chi connectivity index (χ2v) is 8.86. The third-order valence-corrected chi connectivity index (χ3v) is 6.65. The topological polar surface area (TPSA) is 128 Å². The van der Waals surface area contributed by atoms with E-state index in [2.05, 4.69) is 5.32 Å². The number of carbonyl (C=O) groups excluding carboxylic acids is 1. The summed E-state index contributed by atoms with van der Waals surface area (Å²) in [7, 11) is -2.84. The standard InChI is InChI=1S/C20H23N3O7S/c1-22(31(27,28)19-7-3-2-6-18(19)23(25)26)15-8-10-16(11-9-15)30-14-20(24)21-13-17-5-4-12-29-17/h2-3,6-11,17H,4-5,12-14H2,1H3,(H,21,24). The Hall–Kier alpha value is -3.18. The van der Waals surface area contributed by atoms with Crippen molar-refractivity contribution in [2.45, 2.75) is 23.8 Å². The van der Waals surface area contributed by atoms with E-state index in [0.717, 1.165) is 23.2 Å². The maximum absolute atomic E-state index is 12.9. The molecule has 1 N–H and O–H groups in total. The fraction of sp³-hybridized carbons (Fsp3) is 0.350. The summed E-state index contributed by atoms with van der Waals surface area (Å²) in [6, 6.07) is 11.2. The van der Waals surface area contributed by atoms with Crippen molar-refractivity contribution in [3.63, 3.8) is 0 Å². The number of hydrogen-bond donors (Lipinski definition) is 1. The van der Waals surface area contributed by atoms with Crippen LogP contribution in [-0.2, 0) is 19.6 Å². The van der Waals surface area contributed by atoms with Crippen LogP contribution in [0.2, 0.25) is 0 Å². The minimum absolute atomic E-state index is 0.0427. The highest BCUT2D eigenvalue weighted by atomic mass is 32.2. The molecule has 1 atom stereocenters. The van der Waals surface area contributed by atoms with Gasteiger partial charge in [0.1, 0.15) is 5.75 Å². The van der Waals surface area contributed by atoms with E-state index in [-0.39, 0.29) is 24.3 Å². The average molecular weight is 449 g/mol. The molecule has 0 bridgehead atoms. The number of nitro benzene ring substituents is 1. The molecule has 1 unspecified atom stereocenters. The highest BCUT2D eigenvalue weighted by Crippen LogP contribution is 2.29. The lowest BCUT2D eigenvalue weighted by Crippen LogP contribution is -2.35. The molecule has 0 spiro atoms. The van der Waals surface area contributed by atoms with Crippen LogP contribution in [0.1, 0.15) is 12.8 Å². The van der Waals surface area contributed by atoms with E-state index in [1.807, 2.05) is 0 Å². The van der Waals surface area contributed by atoms with E-state index in [9.17, 15) is 23.3 Å². The number of nitrogens with zero attached hydrogens (tertiary/aromatic N) is 2. The zero-order chi connectivity index (χ0) is 22.4. The van der Waals surface area contributed by atoms with Crippen molar-refractivity contribution < 1.29 is 27.6 Å². The number of benzene rings is 2. The molecule has 1 fully saturated rings. The quantitative estimate of drug-likeness (QED) is 0.458. The minimum atomic E-state index is -4.15. The lowest BCUT2D eigenvalue weighted by atomic mass is 10.2. The first-order valence-electron chi connectivity index (χ1n) is 9.62. The van der Waals surface area contributed by atoms with Gasteiger partial charge in [0.25, 0.3) is 21.6 Å². The van der Waals surface area contributed by atoms with Crippen LogP contribution in [-0.4, -0.2) is 52.2 Å². The van der Waals surface area contributed by atoms with E-state index >= 15 is 0 Å². The maximum Gasteiger partial charge on any atom is 0.289 e. The monoisotopic (exact) mass is 449 g/mol. The summed E-state index contributed by atoms with van der Waals surface area (Å²) in [6.45, 7) is 0.969. The molecule has 11 heteroatoms. The molecule has 0 aromatic heterocycles. The van der Waals surface area contributed by atoms with Crippen LogP contribution < -0.4 is 14.4 Å². The third kappa shape index (κ3) is 5.50. The summed E-state index contributed by atoms with van der Waals surface area (Å²) in [4.78, 5) is 21.9. The van der Waals surface area contributed by atoms with Crippen LogP contribution in [0.4, 0.5) is 11.4 Å². The molecule has 1 aliphatic rings.